The van der Waals surface area contributed by atoms with E-state index in [1.165, 1.54) is 0 Å². The van der Waals surface area contributed by atoms with Gasteiger partial charge < -0.3 is 8.82 Å². The molecule has 3 heterocycles. The fourth-order valence-electron chi connectivity index (χ4n) is 1.53. The summed E-state index contributed by atoms with van der Waals surface area (Å²) in [6.45, 7) is 1.90. The summed E-state index contributed by atoms with van der Waals surface area (Å²) in [5.74, 6) is 0.637. The third kappa shape index (κ3) is 1.30. The molecule has 0 aliphatic carbocycles. The highest BCUT2D eigenvalue weighted by Crippen LogP contribution is 2.19. The third-order valence-electron chi connectivity index (χ3n) is 2.26. The molecular weight excluding hydrogens is 190 g/mol. The molecule has 0 saturated heterocycles. The molecule has 4 heteroatoms. The van der Waals surface area contributed by atoms with Crippen LogP contribution in [0, 0.1) is 6.92 Å². The zero-order valence-corrected chi connectivity index (χ0v) is 8.21. The Hall–Kier alpha value is -2.10. The van der Waals surface area contributed by atoms with Gasteiger partial charge in [-0.1, -0.05) is 0 Å². The summed E-state index contributed by atoms with van der Waals surface area (Å²) in [6, 6.07) is 3.91. The molecule has 0 radical (unpaired) electrons. The number of imidazole rings is 1. The van der Waals surface area contributed by atoms with E-state index in [2.05, 4.69) is 9.97 Å². The number of oxazole rings is 1. The average molecular weight is 199 g/mol. The van der Waals surface area contributed by atoms with Gasteiger partial charge in [-0.05, 0) is 19.1 Å². The molecule has 74 valence electrons. The second-order valence-electron chi connectivity index (χ2n) is 3.40. The molecule has 3 aromatic heterocycles. The molecule has 0 aliphatic heterocycles. The van der Waals surface area contributed by atoms with E-state index < -0.39 is 0 Å². The second-order valence-corrected chi connectivity index (χ2v) is 3.40. The fraction of sp³-hybridized carbons (Fsp3) is 0.0909. The number of aromatic nitrogens is 3. The van der Waals surface area contributed by atoms with Crippen LogP contribution in [0.1, 0.15) is 5.69 Å². The van der Waals surface area contributed by atoms with Gasteiger partial charge in [-0.15, -0.1) is 0 Å². The summed E-state index contributed by atoms with van der Waals surface area (Å²) in [6.07, 6.45) is 7.25. The number of nitrogens with zero attached hydrogens (tertiary/aromatic N) is 3. The molecule has 3 rings (SSSR count). The lowest BCUT2D eigenvalue weighted by Gasteiger charge is -1.96. The van der Waals surface area contributed by atoms with Gasteiger partial charge >= 0.3 is 0 Å². The molecule has 4 nitrogen and oxygen atoms in total. The van der Waals surface area contributed by atoms with Crippen molar-refractivity contribution in [2.24, 2.45) is 0 Å². The number of aryl methyl sites for hydroxylation is 1. The van der Waals surface area contributed by atoms with Crippen LogP contribution in [0.3, 0.4) is 0 Å². The minimum absolute atomic E-state index is 0.637. The Morgan fingerprint density at radius 2 is 2.27 bits per heavy atom. The largest absolute Gasteiger partial charge is 0.444 e. The summed E-state index contributed by atoms with van der Waals surface area (Å²) in [5, 5.41) is 0. The smallest absolute Gasteiger partial charge is 0.226 e. The molecule has 0 unspecified atom stereocenters. The summed E-state index contributed by atoms with van der Waals surface area (Å²) in [7, 11) is 0. The van der Waals surface area contributed by atoms with Gasteiger partial charge in [0, 0.05) is 24.2 Å². The van der Waals surface area contributed by atoms with E-state index in [1.807, 2.05) is 35.9 Å². The first kappa shape index (κ1) is 8.23. The van der Waals surface area contributed by atoms with E-state index >= 15 is 0 Å². The van der Waals surface area contributed by atoms with Gasteiger partial charge in [0.15, 0.2) is 0 Å². The van der Waals surface area contributed by atoms with E-state index in [4.69, 9.17) is 4.42 Å². The topological polar surface area (TPSA) is 43.3 Å². The van der Waals surface area contributed by atoms with Crippen molar-refractivity contribution in [2.45, 2.75) is 6.92 Å². The van der Waals surface area contributed by atoms with Gasteiger partial charge in [0.05, 0.1) is 5.69 Å². The van der Waals surface area contributed by atoms with Crippen LogP contribution < -0.4 is 0 Å². The number of pyridine rings is 1. The van der Waals surface area contributed by atoms with Crippen LogP contribution in [-0.4, -0.2) is 14.4 Å². The highest BCUT2D eigenvalue weighted by atomic mass is 16.3. The second kappa shape index (κ2) is 2.95. The SMILES string of the molecule is Cc1coc(-c2ccn3ccnc3c2)n1. The summed E-state index contributed by atoms with van der Waals surface area (Å²) in [5.41, 5.74) is 2.72. The molecule has 0 bridgehead atoms. The molecule has 0 fully saturated rings. The number of hydrogen-bond acceptors (Lipinski definition) is 3. The number of fused-ring (bicyclic) bond motifs is 1. The standard InChI is InChI=1S/C11H9N3O/c1-8-7-15-11(13-8)9-2-4-14-5-3-12-10(14)6-9/h2-7H,1H3. The Balaban J connectivity index is 2.18. The molecule has 3 aromatic rings. The number of hydrogen-bond donors (Lipinski definition) is 0. The van der Waals surface area contributed by atoms with Crippen molar-refractivity contribution in [2.75, 3.05) is 0 Å². The Labute approximate surface area is 86.2 Å². The number of rotatable bonds is 1. The van der Waals surface area contributed by atoms with Crippen molar-refractivity contribution in [3.8, 4) is 11.5 Å². The van der Waals surface area contributed by atoms with Gasteiger partial charge in [-0.25, -0.2) is 9.97 Å². The maximum absolute atomic E-state index is 5.33. The highest BCUT2D eigenvalue weighted by molar-refractivity contribution is 5.59. The molecule has 0 atom stereocenters. The van der Waals surface area contributed by atoms with Gasteiger partial charge in [-0.3, -0.25) is 0 Å². The maximum atomic E-state index is 5.33. The summed E-state index contributed by atoms with van der Waals surface area (Å²) in [4.78, 5) is 8.47. The first-order valence-electron chi connectivity index (χ1n) is 4.68. The molecule has 0 amide bonds. The molecule has 0 saturated carbocycles. The van der Waals surface area contributed by atoms with Gasteiger partial charge in [0.25, 0.3) is 0 Å². The minimum atomic E-state index is 0.637. The van der Waals surface area contributed by atoms with Crippen molar-refractivity contribution < 1.29 is 4.42 Å². The van der Waals surface area contributed by atoms with Crippen LogP contribution in [-0.2, 0) is 0 Å². The van der Waals surface area contributed by atoms with Crippen molar-refractivity contribution >= 4 is 5.65 Å². The van der Waals surface area contributed by atoms with E-state index in [0.717, 1.165) is 16.9 Å². The monoisotopic (exact) mass is 199 g/mol. The lowest BCUT2D eigenvalue weighted by molar-refractivity contribution is 0.573. The van der Waals surface area contributed by atoms with Crippen molar-refractivity contribution in [1.82, 2.24) is 14.4 Å². The van der Waals surface area contributed by atoms with Crippen LogP contribution in [0.15, 0.2) is 41.4 Å². The molecule has 0 aliphatic rings. The van der Waals surface area contributed by atoms with Gasteiger partial charge in [-0.2, -0.15) is 0 Å². The quantitative estimate of drug-likeness (QED) is 0.604. The average Bonchev–Trinajstić information content (AvgIpc) is 2.84. The molecule has 0 spiro atoms. The van der Waals surface area contributed by atoms with Crippen LogP contribution in [0.2, 0.25) is 0 Å². The fourth-order valence-corrected chi connectivity index (χ4v) is 1.53. The lowest BCUT2D eigenvalue weighted by atomic mass is 10.2. The zero-order chi connectivity index (χ0) is 10.3. The Morgan fingerprint density at radius 3 is 3.07 bits per heavy atom. The first-order chi connectivity index (χ1) is 7.33. The molecular formula is C11H9N3O. The predicted octanol–water partition coefficient (Wildman–Crippen LogP) is 2.30. The Kier molecular flexibility index (Phi) is 1.62. The minimum Gasteiger partial charge on any atom is -0.444 e. The first-order valence-corrected chi connectivity index (χ1v) is 4.68. The van der Waals surface area contributed by atoms with E-state index in [9.17, 15) is 0 Å². The third-order valence-corrected chi connectivity index (χ3v) is 2.26. The van der Waals surface area contributed by atoms with Gasteiger partial charge in [0.2, 0.25) is 5.89 Å². The molecule has 0 aromatic carbocycles. The Morgan fingerprint density at radius 1 is 1.33 bits per heavy atom. The summed E-state index contributed by atoms with van der Waals surface area (Å²) >= 11 is 0. The molecule has 0 N–H and O–H groups in total. The van der Waals surface area contributed by atoms with Crippen LogP contribution in [0.25, 0.3) is 17.1 Å². The van der Waals surface area contributed by atoms with Crippen molar-refractivity contribution in [3.05, 3.63) is 42.7 Å². The van der Waals surface area contributed by atoms with Crippen LogP contribution >= 0.6 is 0 Å². The molecule has 15 heavy (non-hydrogen) atoms. The van der Waals surface area contributed by atoms with Crippen molar-refractivity contribution in [1.29, 1.82) is 0 Å². The Bertz CT molecular complexity index is 609. The predicted molar refractivity (Wildman–Crippen MR) is 55.4 cm³/mol. The maximum Gasteiger partial charge on any atom is 0.226 e. The van der Waals surface area contributed by atoms with E-state index in [-0.39, 0.29) is 0 Å². The normalized spacial score (nSPS) is 11.0. The lowest BCUT2D eigenvalue weighted by Crippen LogP contribution is -1.84. The highest BCUT2D eigenvalue weighted by Gasteiger charge is 2.05. The van der Waals surface area contributed by atoms with E-state index in [1.54, 1.807) is 12.5 Å². The van der Waals surface area contributed by atoms with Crippen molar-refractivity contribution in [3.63, 3.8) is 0 Å². The summed E-state index contributed by atoms with van der Waals surface area (Å²) < 4.78 is 7.27. The zero-order valence-electron chi connectivity index (χ0n) is 8.21. The van der Waals surface area contributed by atoms with Gasteiger partial charge in [0.1, 0.15) is 11.9 Å². The van der Waals surface area contributed by atoms with Crippen LogP contribution in [0.5, 0.6) is 0 Å². The van der Waals surface area contributed by atoms with Crippen LogP contribution in [0.4, 0.5) is 0 Å². The van der Waals surface area contributed by atoms with E-state index in [0.29, 0.717) is 5.89 Å².